The zero-order valence-electron chi connectivity index (χ0n) is 10.1. The Labute approximate surface area is 112 Å². The molecule has 0 heterocycles. The topological polar surface area (TPSA) is 80.5 Å². The molecule has 100 valence electrons. The lowest BCUT2D eigenvalue weighted by atomic mass is 10.4. The van der Waals surface area contributed by atoms with Crippen molar-refractivity contribution in [1.29, 1.82) is 0 Å². The lowest BCUT2D eigenvalue weighted by Crippen LogP contribution is -2.42. The number of carbonyl (C=O) groups excluding carboxylic acids is 1. The SMILES string of the molecule is CC(C)N(CC(N)=O)S(=O)(=O)c1ccc(Cl)cc1. The van der Waals surface area contributed by atoms with Crippen LogP contribution in [0, 0.1) is 0 Å². The van der Waals surface area contributed by atoms with E-state index in [-0.39, 0.29) is 17.5 Å². The molecule has 0 atom stereocenters. The van der Waals surface area contributed by atoms with Crippen molar-refractivity contribution in [3.8, 4) is 0 Å². The lowest BCUT2D eigenvalue weighted by molar-refractivity contribution is -0.118. The van der Waals surface area contributed by atoms with Crippen molar-refractivity contribution in [2.75, 3.05) is 6.54 Å². The first-order valence-corrected chi connectivity index (χ1v) is 7.12. The van der Waals surface area contributed by atoms with Gasteiger partial charge in [0, 0.05) is 11.1 Å². The number of primary amides is 1. The van der Waals surface area contributed by atoms with Gasteiger partial charge in [0.25, 0.3) is 0 Å². The highest BCUT2D eigenvalue weighted by molar-refractivity contribution is 7.89. The third-order valence-corrected chi connectivity index (χ3v) is 4.60. The van der Waals surface area contributed by atoms with Crippen molar-refractivity contribution >= 4 is 27.5 Å². The monoisotopic (exact) mass is 290 g/mol. The van der Waals surface area contributed by atoms with Crippen LogP contribution in [-0.2, 0) is 14.8 Å². The normalized spacial score (nSPS) is 12.1. The second-order valence-electron chi connectivity index (χ2n) is 4.06. The first-order valence-electron chi connectivity index (χ1n) is 5.31. The van der Waals surface area contributed by atoms with Crippen LogP contribution < -0.4 is 5.73 Å². The van der Waals surface area contributed by atoms with Gasteiger partial charge in [0.15, 0.2) is 0 Å². The number of benzene rings is 1. The lowest BCUT2D eigenvalue weighted by Gasteiger charge is -2.24. The number of carbonyl (C=O) groups is 1. The fraction of sp³-hybridized carbons (Fsp3) is 0.364. The highest BCUT2D eigenvalue weighted by Gasteiger charge is 2.28. The molecule has 1 rings (SSSR count). The van der Waals surface area contributed by atoms with Gasteiger partial charge in [-0.25, -0.2) is 8.42 Å². The number of rotatable bonds is 5. The zero-order chi connectivity index (χ0) is 13.9. The van der Waals surface area contributed by atoms with Crippen molar-refractivity contribution in [2.24, 2.45) is 5.73 Å². The minimum atomic E-state index is -3.74. The molecule has 1 aromatic carbocycles. The molecule has 0 bridgehead atoms. The van der Waals surface area contributed by atoms with Crippen molar-refractivity contribution in [2.45, 2.75) is 24.8 Å². The van der Waals surface area contributed by atoms with Crippen LogP contribution in [0.3, 0.4) is 0 Å². The van der Waals surface area contributed by atoms with Crippen molar-refractivity contribution < 1.29 is 13.2 Å². The predicted octanol–water partition coefficient (Wildman–Crippen LogP) is 1.22. The molecule has 0 radical (unpaired) electrons. The number of sulfonamides is 1. The second kappa shape index (κ2) is 5.69. The molecule has 0 aliphatic rings. The first-order chi connectivity index (χ1) is 8.25. The number of nitrogens with zero attached hydrogens (tertiary/aromatic N) is 1. The first kappa shape index (κ1) is 14.9. The van der Waals surface area contributed by atoms with Crippen molar-refractivity contribution in [3.63, 3.8) is 0 Å². The molecule has 0 aromatic heterocycles. The Bertz CT molecular complexity index is 526. The summed E-state index contributed by atoms with van der Waals surface area (Å²) in [7, 11) is -3.74. The predicted molar refractivity (Wildman–Crippen MR) is 69.7 cm³/mol. The van der Waals surface area contributed by atoms with Gasteiger partial charge >= 0.3 is 0 Å². The summed E-state index contributed by atoms with van der Waals surface area (Å²) in [4.78, 5) is 11.0. The Balaban J connectivity index is 3.16. The van der Waals surface area contributed by atoms with Crippen LogP contribution in [0.2, 0.25) is 5.02 Å². The van der Waals surface area contributed by atoms with Crippen LogP contribution in [0.25, 0.3) is 0 Å². The molecule has 0 saturated heterocycles. The quantitative estimate of drug-likeness (QED) is 0.885. The summed E-state index contributed by atoms with van der Waals surface area (Å²) in [5.41, 5.74) is 5.06. The molecule has 7 heteroatoms. The maximum absolute atomic E-state index is 12.3. The molecule has 5 nitrogen and oxygen atoms in total. The van der Waals surface area contributed by atoms with Gasteiger partial charge < -0.3 is 5.73 Å². The average molecular weight is 291 g/mol. The van der Waals surface area contributed by atoms with Crippen LogP contribution in [0.4, 0.5) is 0 Å². The highest BCUT2D eigenvalue weighted by Crippen LogP contribution is 2.20. The highest BCUT2D eigenvalue weighted by atomic mass is 35.5. The molecule has 2 N–H and O–H groups in total. The van der Waals surface area contributed by atoms with E-state index in [0.29, 0.717) is 5.02 Å². The molecule has 0 aliphatic heterocycles. The molecule has 0 fully saturated rings. The van der Waals surface area contributed by atoms with Gasteiger partial charge in [-0.3, -0.25) is 4.79 Å². The van der Waals surface area contributed by atoms with Gasteiger partial charge in [-0.05, 0) is 38.1 Å². The summed E-state index contributed by atoms with van der Waals surface area (Å²) in [6.45, 7) is 3.01. The number of hydrogen-bond donors (Lipinski definition) is 1. The Morgan fingerprint density at radius 2 is 1.83 bits per heavy atom. The minimum absolute atomic E-state index is 0.0850. The fourth-order valence-corrected chi connectivity index (χ4v) is 3.17. The van der Waals surface area contributed by atoms with Gasteiger partial charge in [0.1, 0.15) is 0 Å². The molecule has 0 saturated carbocycles. The maximum atomic E-state index is 12.3. The maximum Gasteiger partial charge on any atom is 0.243 e. The molecule has 1 amide bonds. The number of hydrogen-bond acceptors (Lipinski definition) is 3. The summed E-state index contributed by atoms with van der Waals surface area (Å²) in [5, 5.41) is 0.444. The summed E-state index contributed by atoms with van der Waals surface area (Å²) in [5.74, 6) is -0.693. The third kappa shape index (κ3) is 3.44. The van der Waals surface area contributed by atoms with E-state index in [1.54, 1.807) is 13.8 Å². The molecule has 0 aliphatic carbocycles. The molecule has 0 unspecified atom stereocenters. The Morgan fingerprint density at radius 3 is 2.22 bits per heavy atom. The van der Waals surface area contributed by atoms with Crippen LogP contribution in [-0.4, -0.2) is 31.2 Å². The van der Waals surface area contributed by atoms with E-state index in [0.717, 1.165) is 4.31 Å². The smallest absolute Gasteiger partial charge is 0.243 e. The standard InChI is InChI=1S/C11H15ClN2O3S/c1-8(2)14(7-11(13)15)18(16,17)10-5-3-9(12)4-6-10/h3-6,8H,7H2,1-2H3,(H2,13,15). The molecule has 0 spiro atoms. The van der Waals surface area contributed by atoms with Crippen LogP contribution in [0.1, 0.15) is 13.8 Å². The molecule has 1 aromatic rings. The van der Waals surface area contributed by atoms with Crippen molar-refractivity contribution in [3.05, 3.63) is 29.3 Å². The van der Waals surface area contributed by atoms with Gasteiger partial charge in [0.05, 0.1) is 11.4 Å². The average Bonchev–Trinajstić information content (AvgIpc) is 2.25. The zero-order valence-corrected chi connectivity index (χ0v) is 11.7. The summed E-state index contributed by atoms with van der Waals surface area (Å²) in [6.07, 6.45) is 0. The van der Waals surface area contributed by atoms with Crippen LogP contribution in [0.15, 0.2) is 29.2 Å². The van der Waals surface area contributed by atoms with E-state index >= 15 is 0 Å². The van der Waals surface area contributed by atoms with Crippen LogP contribution in [0.5, 0.6) is 0 Å². The van der Waals surface area contributed by atoms with Crippen LogP contribution >= 0.6 is 11.6 Å². The van der Waals surface area contributed by atoms with E-state index in [1.807, 2.05) is 0 Å². The molecule has 18 heavy (non-hydrogen) atoms. The van der Waals surface area contributed by atoms with E-state index in [4.69, 9.17) is 17.3 Å². The number of halogens is 1. The number of nitrogens with two attached hydrogens (primary N) is 1. The van der Waals surface area contributed by atoms with Crippen molar-refractivity contribution in [1.82, 2.24) is 4.31 Å². The fourth-order valence-electron chi connectivity index (χ4n) is 1.44. The van der Waals surface area contributed by atoms with E-state index in [1.165, 1.54) is 24.3 Å². The van der Waals surface area contributed by atoms with E-state index in [2.05, 4.69) is 0 Å². The molecular formula is C11H15ClN2O3S. The Morgan fingerprint density at radius 1 is 1.33 bits per heavy atom. The third-order valence-electron chi connectivity index (χ3n) is 2.31. The van der Waals surface area contributed by atoms with E-state index < -0.39 is 15.9 Å². The largest absolute Gasteiger partial charge is 0.369 e. The van der Waals surface area contributed by atoms with E-state index in [9.17, 15) is 13.2 Å². The summed E-state index contributed by atoms with van der Waals surface area (Å²) < 4.78 is 25.6. The van der Waals surface area contributed by atoms with Gasteiger partial charge in [-0.15, -0.1) is 0 Å². The van der Waals surface area contributed by atoms with Gasteiger partial charge in [-0.2, -0.15) is 4.31 Å². The molecular weight excluding hydrogens is 276 g/mol. The summed E-state index contributed by atoms with van der Waals surface area (Å²) in [6, 6.07) is 5.40. The summed E-state index contributed by atoms with van der Waals surface area (Å²) >= 11 is 5.71. The Hall–Kier alpha value is -1.11. The second-order valence-corrected chi connectivity index (χ2v) is 6.39. The minimum Gasteiger partial charge on any atom is -0.369 e. The number of amides is 1. The van der Waals surface area contributed by atoms with Gasteiger partial charge in [-0.1, -0.05) is 11.6 Å². The Kier molecular flexibility index (Phi) is 4.72. The van der Waals surface area contributed by atoms with Gasteiger partial charge in [0.2, 0.25) is 15.9 Å².